The van der Waals surface area contributed by atoms with Crippen LogP contribution in [0.25, 0.3) is 0 Å². The normalized spacial score (nSPS) is 16.3. The quantitative estimate of drug-likeness (QED) is 0.0554. The number of rotatable bonds is 26. The second-order valence-corrected chi connectivity index (χ2v) is 12.2. The van der Waals surface area contributed by atoms with Gasteiger partial charge in [-0.3, -0.25) is 28.8 Å². The molecule has 252 valence electrons. The van der Waals surface area contributed by atoms with Gasteiger partial charge in [-0.2, -0.15) is 0 Å². The summed E-state index contributed by atoms with van der Waals surface area (Å²) < 4.78 is 9.85. The maximum absolute atomic E-state index is 12.2. The average molecular weight is 625 g/mol. The van der Waals surface area contributed by atoms with Crippen LogP contribution in [-0.2, 0) is 38.2 Å². The summed E-state index contributed by atoms with van der Waals surface area (Å²) in [5.41, 5.74) is 0. The number of unbranched alkanes of at least 4 members (excludes halogenated alkanes) is 16. The van der Waals surface area contributed by atoms with Gasteiger partial charge in [0, 0.05) is 25.7 Å². The van der Waals surface area contributed by atoms with E-state index in [0.717, 1.165) is 116 Å². The van der Waals surface area contributed by atoms with Crippen molar-refractivity contribution in [2.75, 3.05) is 0 Å². The zero-order chi connectivity index (χ0) is 32.4. The fraction of sp³-hybridized carbons (Fsp3) is 0.824. The first-order chi connectivity index (χ1) is 21.2. The Morgan fingerprint density at radius 2 is 0.750 bits per heavy atom. The Morgan fingerprint density at radius 1 is 0.432 bits per heavy atom. The van der Waals surface area contributed by atoms with Gasteiger partial charge in [-0.25, -0.2) is 0 Å². The number of aliphatic carboxylic acids is 2. The zero-order valence-corrected chi connectivity index (χ0v) is 26.7. The van der Waals surface area contributed by atoms with Crippen LogP contribution in [0.15, 0.2) is 0 Å². The molecule has 0 aromatic rings. The minimum absolute atomic E-state index is 0.150. The monoisotopic (exact) mass is 624 g/mol. The average Bonchev–Trinajstić information content (AvgIpc) is 2.98. The molecule has 10 heteroatoms. The lowest BCUT2D eigenvalue weighted by Crippen LogP contribution is -2.34. The first-order valence-electron chi connectivity index (χ1n) is 17.1. The van der Waals surface area contributed by atoms with Crippen LogP contribution in [0.4, 0.5) is 0 Å². The Bertz CT molecular complexity index is 868. The second-order valence-electron chi connectivity index (χ2n) is 12.2. The van der Waals surface area contributed by atoms with Gasteiger partial charge < -0.3 is 19.7 Å². The van der Waals surface area contributed by atoms with Crippen molar-refractivity contribution in [2.45, 2.75) is 167 Å². The molecule has 0 spiro atoms. The Balaban J connectivity index is 1.89. The van der Waals surface area contributed by atoms with E-state index in [2.05, 4.69) is 0 Å². The van der Waals surface area contributed by atoms with Crippen LogP contribution in [0.2, 0.25) is 0 Å². The minimum atomic E-state index is -1.00. The van der Waals surface area contributed by atoms with E-state index in [4.69, 9.17) is 14.6 Å². The number of hydrogen-bond acceptors (Lipinski definition) is 8. The van der Waals surface area contributed by atoms with Gasteiger partial charge in [-0.05, 0) is 38.5 Å². The van der Waals surface area contributed by atoms with Crippen molar-refractivity contribution in [1.29, 1.82) is 0 Å². The SMILES string of the molecule is O=C(O)CCCCCCCCCCCCC(=O)OC(=O)CCCCCCCCCCC(=O)OC(=O)C1CCCCC1C(=O)O. The van der Waals surface area contributed by atoms with Crippen molar-refractivity contribution in [2.24, 2.45) is 11.8 Å². The Kier molecular flexibility index (Phi) is 22.8. The first-order valence-corrected chi connectivity index (χ1v) is 17.1. The van der Waals surface area contributed by atoms with Gasteiger partial charge in [0.05, 0.1) is 11.8 Å². The highest BCUT2D eigenvalue weighted by molar-refractivity contribution is 5.89. The third-order valence-corrected chi connectivity index (χ3v) is 8.36. The second kappa shape index (κ2) is 25.5. The van der Waals surface area contributed by atoms with Crippen molar-refractivity contribution in [3.8, 4) is 0 Å². The minimum Gasteiger partial charge on any atom is -0.481 e. The molecule has 0 amide bonds. The lowest BCUT2D eigenvalue weighted by atomic mass is 9.79. The number of ether oxygens (including phenoxy) is 2. The molecule has 1 aliphatic rings. The summed E-state index contributed by atoms with van der Waals surface area (Å²) in [7, 11) is 0. The number of carbonyl (C=O) groups is 6. The lowest BCUT2D eigenvalue weighted by molar-refractivity contribution is -0.168. The number of carbonyl (C=O) groups excluding carboxylic acids is 4. The standard InChI is InChI=1S/C34H56O10/c35-29(36)23-15-11-7-3-1-2-4-8-12-16-24-30(37)43-31(38)25-17-13-9-5-6-10-14-18-26-32(39)44-34(42)28-22-20-19-21-27(28)33(40)41/h27-28H,1-26H2,(H,35,36)(H,40,41). The van der Waals surface area contributed by atoms with Crippen LogP contribution >= 0.6 is 0 Å². The van der Waals surface area contributed by atoms with E-state index in [1.165, 1.54) is 0 Å². The number of carboxylic acids is 2. The molecule has 2 atom stereocenters. The highest BCUT2D eigenvalue weighted by Gasteiger charge is 2.37. The summed E-state index contributed by atoms with van der Waals surface area (Å²) in [6, 6.07) is 0. The first kappa shape index (κ1) is 39.2. The fourth-order valence-electron chi connectivity index (χ4n) is 5.74. The molecule has 1 aliphatic carbocycles. The molecule has 0 radical (unpaired) electrons. The van der Waals surface area contributed by atoms with E-state index < -0.39 is 47.7 Å². The van der Waals surface area contributed by atoms with Gasteiger partial charge in [-0.1, -0.05) is 103 Å². The molecule has 44 heavy (non-hydrogen) atoms. The third kappa shape index (κ3) is 21.0. The van der Waals surface area contributed by atoms with Crippen LogP contribution in [0.1, 0.15) is 167 Å². The van der Waals surface area contributed by atoms with Crippen LogP contribution in [0, 0.1) is 11.8 Å². The Labute approximate surface area is 263 Å². The van der Waals surface area contributed by atoms with E-state index in [0.29, 0.717) is 25.7 Å². The van der Waals surface area contributed by atoms with Gasteiger partial charge >= 0.3 is 35.8 Å². The molecule has 0 aliphatic heterocycles. The van der Waals surface area contributed by atoms with E-state index in [1.807, 2.05) is 0 Å². The molecular weight excluding hydrogens is 568 g/mol. The largest absolute Gasteiger partial charge is 0.481 e. The zero-order valence-electron chi connectivity index (χ0n) is 26.7. The molecular formula is C34H56O10. The molecule has 0 aromatic carbocycles. The smallest absolute Gasteiger partial charge is 0.317 e. The summed E-state index contributed by atoms with van der Waals surface area (Å²) in [5.74, 6) is -5.40. The molecule has 2 unspecified atom stereocenters. The van der Waals surface area contributed by atoms with Gasteiger partial charge in [-0.15, -0.1) is 0 Å². The number of esters is 4. The van der Waals surface area contributed by atoms with Crippen molar-refractivity contribution in [3.63, 3.8) is 0 Å². The number of carboxylic acid groups (broad SMARTS) is 2. The van der Waals surface area contributed by atoms with E-state index >= 15 is 0 Å². The highest BCUT2D eigenvalue weighted by atomic mass is 16.6. The molecule has 0 heterocycles. The Hall–Kier alpha value is -2.78. The van der Waals surface area contributed by atoms with E-state index in [-0.39, 0.29) is 25.7 Å². The van der Waals surface area contributed by atoms with Gasteiger partial charge in [0.25, 0.3) is 0 Å². The van der Waals surface area contributed by atoms with Crippen molar-refractivity contribution < 1.29 is 48.5 Å². The van der Waals surface area contributed by atoms with E-state index in [9.17, 15) is 33.9 Å². The summed E-state index contributed by atoms with van der Waals surface area (Å²) in [6.07, 6.45) is 20.5. The molecule has 1 saturated carbocycles. The molecule has 1 rings (SSSR count). The summed E-state index contributed by atoms with van der Waals surface area (Å²) in [4.78, 5) is 69.8. The molecule has 2 N–H and O–H groups in total. The van der Waals surface area contributed by atoms with Gasteiger partial charge in [0.15, 0.2) is 0 Å². The summed E-state index contributed by atoms with van der Waals surface area (Å²) in [5, 5.41) is 17.9. The topological polar surface area (TPSA) is 161 Å². The highest BCUT2D eigenvalue weighted by Crippen LogP contribution is 2.31. The molecule has 10 nitrogen and oxygen atoms in total. The summed E-state index contributed by atoms with van der Waals surface area (Å²) in [6.45, 7) is 0. The number of hydrogen-bond donors (Lipinski definition) is 2. The van der Waals surface area contributed by atoms with Crippen LogP contribution in [0.3, 0.4) is 0 Å². The third-order valence-electron chi connectivity index (χ3n) is 8.36. The van der Waals surface area contributed by atoms with E-state index in [1.54, 1.807) is 0 Å². The fourth-order valence-corrected chi connectivity index (χ4v) is 5.74. The van der Waals surface area contributed by atoms with Crippen molar-refractivity contribution in [3.05, 3.63) is 0 Å². The predicted molar refractivity (Wildman–Crippen MR) is 164 cm³/mol. The maximum Gasteiger partial charge on any atom is 0.317 e. The molecule has 1 fully saturated rings. The van der Waals surface area contributed by atoms with Gasteiger partial charge in [0.1, 0.15) is 0 Å². The van der Waals surface area contributed by atoms with Crippen molar-refractivity contribution in [1.82, 2.24) is 0 Å². The lowest BCUT2D eigenvalue weighted by Gasteiger charge is -2.26. The Morgan fingerprint density at radius 3 is 1.11 bits per heavy atom. The van der Waals surface area contributed by atoms with Crippen LogP contribution in [-0.4, -0.2) is 46.0 Å². The summed E-state index contributed by atoms with van der Waals surface area (Å²) >= 11 is 0. The molecule has 0 aromatic heterocycles. The van der Waals surface area contributed by atoms with Crippen molar-refractivity contribution >= 4 is 35.8 Å². The van der Waals surface area contributed by atoms with Crippen LogP contribution in [0.5, 0.6) is 0 Å². The van der Waals surface area contributed by atoms with Gasteiger partial charge in [0.2, 0.25) is 0 Å². The molecule has 0 bridgehead atoms. The van der Waals surface area contributed by atoms with Crippen LogP contribution < -0.4 is 0 Å². The maximum atomic E-state index is 12.2. The predicted octanol–water partition coefficient (Wildman–Crippen LogP) is 7.68. The molecule has 0 saturated heterocycles.